The van der Waals surface area contributed by atoms with Crippen molar-refractivity contribution in [2.75, 3.05) is 39.4 Å². The molecule has 2 aliphatic rings. The van der Waals surface area contributed by atoms with Crippen molar-refractivity contribution in [3.63, 3.8) is 0 Å². The Hall–Kier alpha value is -2.28. The molecule has 0 aromatic heterocycles. The van der Waals surface area contributed by atoms with Crippen LogP contribution in [-0.4, -0.2) is 62.1 Å². The summed E-state index contributed by atoms with van der Waals surface area (Å²) in [6.07, 6.45) is 5.52. The highest BCUT2D eigenvalue weighted by atomic mass is 16.5. The first-order chi connectivity index (χ1) is 13.7. The number of carbonyl (C=O) groups excluding carboxylic acids is 2. The van der Waals surface area contributed by atoms with Gasteiger partial charge in [0.15, 0.2) is 18.1 Å². The van der Waals surface area contributed by atoms with E-state index in [4.69, 9.17) is 9.47 Å². The molecule has 1 unspecified atom stereocenters. The Kier molecular flexibility index (Phi) is 7.54. The molecule has 7 nitrogen and oxygen atoms in total. The van der Waals surface area contributed by atoms with Gasteiger partial charge in [-0.1, -0.05) is 0 Å². The molecule has 0 aliphatic carbocycles. The molecule has 2 fully saturated rings. The van der Waals surface area contributed by atoms with Crippen LogP contribution in [0.3, 0.4) is 0 Å². The molecular weight excluding hydrogens is 358 g/mol. The van der Waals surface area contributed by atoms with Gasteiger partial charge in [0.1, 0.15) is 0 Å². The van der Waals surface area contributed by atoms with Gasteiger partial charge in [0.05, 0.1) is 6.61 Å². The predicted octanol–water partition coefficient (Wildman–Crippen LogP) is 1.96. The fraction of sp³-hybridized carbons (Fsp3) is 0.619. The summed E-state index contributed by atoms with van der Waals surface area (Å²) in [6, 6.07) is 5.44. The van der Waals surface area contributed by atoms with Crippen LogP contribution in [0.4, 0.5) is 0 Å². The van der Waals surface area contributed by atoms with Gasteiger partial charge in [-0.15, -0.1) is 0 Å². The van der Waals surface area contributed by atoms with E-state index in [1.165, 1.54) is 6.42 Å². The summed E-state index contributed by atoms with van der Waals surface area (Å²) in [5.41, 5.74) is 0.524. The molecule has 2 saturated heterocycles. The van der Waals surface area contributed by atoms with Crippen LogP contribution in [0.25, 0.3) is 0 Å². The maximum absolute atomic E-state index is 12.4. The van der Waals surface area contributed by atoms with Crippen molar-refractivity contribution in [1.82, 2.24) is 15.5 Å². The zero-order valence-electron chi connectivity index (χ0n) is 16.7. The number of rotatable bonds is 8. The highest BCUT2D eigenvalue weighted by Crippen LogP contribution is 2.28. The molecule has 1 atom stereocenters. The molecule has 28 heavy (non-hydrogen) atoms. The fourth-order valence-corrected chi connectivity index (χ4v) is 3.66. The summed E-state index contributed by atoms with van der Waals surface area (Å²) in [4.78, 5) is 26.6. The first kappa shape index (κ1) is 20.5. The molecule has 1 aromatic rings. The summed E-state index contributed by atoms with van der Waals surface area (Å²) >= 11 is 0. The maximum atomic E-state index is 12.4. The maximum Gasteiger partial charge on any atom is 0.260 e. The second-order valence-electron chi connectivity index (χ2n) is 7.33. The van der Waals surface area contributed by atoms with Gasteiger partial charge in [-0.25, -0.2) is 0 Å². The molecule has 154 valence electrons. The van der Waals surface area contributed by atoms with Crippen LogP contribution in [0.15, 0.2) is 18.2 Å². The quantitative estimate of drug-likeness (QED) is 0.711. The van der Waals surface area contributed by atoms with Gasteiger partial charge in [-0.2, -0.15) is 0 Å². The first-order valence-electron chi connectivity index (χ1n) is 10.4. The average molecular weight is 389 g/mol. The molecule has 2 aliphatic heterocycles. The molecule has 2 N–H and O–H groups in total. The predicted molar refractivity (Wildman–Crippen MR) is 107 cm³/mol. The second-order valence-corrected chi connectivity index (χ2v) is 7.33. The van der Waals surface area contributed by atoms with Gasteiger partial charge >= 0.3 is 0 Å². The third-order valence-corrected chi connectivity index (χ3v) is 5.24. The van der Waals surface area contributed by atoms with E-state index in [9.17, 15) is 9.59 Å². The minimum atomic E-state index is -0.134. The Morgan fingerprint density at radius 2 is 1.96 bits per heavy atom. The Labute approximate surface area is 166 Å². The Morgan fingerprint density at radius 3 is 2.68 bits per heavy atom. The number of amides is 2. The van der Waals surface area contributed by atoms with Crippen molar-refractivity contribution in [1.29, 1.82) is 0 Å². The third kappa shape index (κ3) is 5.61. The van der Waals surface area contributed by atoms with Crippen LogP contribution in [0, 0.1) is 0 Å². The Balaban J connectivity index is 1.58. The molecule has 3 rings (SSSR count). The van der Waals surface area contributed by atoms with Crippen LogP contribution >= 0.6 is 0 Å². The van der Waals surface area contributed by atoms with Crippen molar-refractivity contribution in [3.05, 3.63) is 23.8 Å². The molecule has 2 amide bonds. The Bertz CT molecular complexity index is 668. The monoisotopic (exact) mass is 389 g/mol. The van der Waals surface area contributed by atoms with E-state index in [-0.39, 0.29) is 18.4 Å². The lowest BCUT2D eigenvalue weighted by Crippen LogP contribution is -2.38. The summed E-state index contributed by atoms with van der Waals surface area (Å²) < 4.78 is 11.4. The SMILES string of the molecule is CCOc1cc(C(=O)NCC2CCCN2)ccc1OCC(=O)N1CCCCC1. The van der Waals surface area contributed by atoms with E-state index in [0.717, 1.165) is 45.3 Å². The van der Waals surface area contributed by atoms with Crippen molar-refractivity contribution in [2.45, 2.75) is 45.1 Å². The average Bonchev–Trinajstić information content (AvgIpc) is 3.25. The van der Waals surface area contributed by atoms with Crippen LogP contribution < -0.4 is 20.1 Å². The smallest absolute Gasteiger partial charge is 0.260 e. The molecule has 7 heteroatoms. The van der Waals surface area contributed by atoms with E-state index in [1.807, 2.05) is 11.8 Å². The molecule has 0 saturated carbocycles. The summed E-state index contributed by atoms with van der Waals surface area (Å²) in [6.45, 7) is 5.54. The zero-order chi connectivity index (χ0) is 19.8. The Morgan fingerprint density at radius 1 is 1.14 bits per heavy atom. The molecule has 0 radical (unpaired) electrons. The first-order valence-corrected chi connectivity index (χ1v) is 10.4. The van der Waals surface area contributed by atoms with Crippen LogP contribution in [0.2, 0.25) is 0 Å². The van der Waals surface area contributed by atoms with Gasteiger partial charge < -0.3 is 25.0 Å². The van der Waals surface area contributed by atoms with Gasteiger partial charge in [0, 0.05) is 31.2 Å². The number of likely N-dealkylation sites (tertiary alicyclic amines) is 1. The van der Waals surface area contributed by atoms with Crippen molar-refractivity contribution in [2.24, 2.45) is 0 Å². The highest BCUT2D eigenvalue weighted by molar-refractivity contribution is 5.95. The molecule has 1 aromatic carbocycles. The summed E-state index contributed by atoms with van der Waals surface area (Å²) in [5.74, 6) is 0.834. The third-order valence-electron chi connectivity index (χ3n) is 5.24. The van der Waals surface area contributed by atoms with E-state index in [0.29, 0.717) is 36.3 Å². The number of carbonyl (C=O) groups is 2. The lowest BCUT2D eigenvalue weighted by molar-refractivity contribution is -0.134. The molecule has 2 heterocycles. The minimum absolute atomic E-state index is 0.00645. The lowest BCUT2D eigenvalue weighted by atomic mass is 10.1. The van der Waals surface area contributed by atoms with Gasteiger partial charge in [-0.3, -0.25) is 9.59 Å². The summed E-state index contributed by atoms with van der Waals surface area (Å²) in [7, 11) is 0. The number of ether oxygens (including phenoxy) is 2. The number of hydrogen-bond acceptors (Lipinski definition) is 5. The number of piperidine rings is 1. The van der Waals surface area contributed by atoms with Gasteiger partial charge in [0.25, 0.3) is 11.8 Å². The van der Waals surface area contributed by atoms with E-state index >= 15 is 0 Å². The van der Waals surface area contributed by atoms with Crippen molar-refractivity contribution in [3.8, 4) is 11.5 Å². The molecule has 0 spiro atoms. The van der Waals surface area contributed by atoms with Crippen molar-refractivity contribution < 1.29 is 19.1 Å². The fourth-order valence-electron chi connectivity index (χ4n) is 3.66. The number of nitrogens with zero attached hydrogens (tertiary/aromatic N) is 1. The standard InChI is InChI=1S/C21H31N3O4/c1-2-27-19-13-16(21(26)23-14-17-7-6-10-22-17)8-9-18(19)28-15-20(25)24-11-4-3-5-12-24/h8-9,13,17,22H,2-7,10-12,14-15H2,1H3,(H,23,26). The zero-order valence-corrected chi connectivity index (χ0v) is 16.7. The van der Waals surface area contributed by atoms with Gasteiger partial charge in [0.2, 0.25) is 0 Å². The lowest BCUT2D eigenvalue weighted by Gasteiger charge is -2.26. The van der Waals surface area contributed by atoms with Crippen LogP contribution in [-0.2, 0) is 4.79 Å². The normalized spacial score (nSPS) is 19.3. The second kappa shape index (κ2) is 10.3. The topological polar surface area (TPSA) is 79.9 Å². The van der Waals surface area contributed by atoms with Crippen LogP contribution in [0.1, 0.15) is 49.4 Å². The molecule has 0 bridgehead atoms. The number of nitrogens with one attached hydrogen (secondary N) is 2. The van der Waals surface area contributed by atoms with E-state index < -0.39 is 0 Å². The van der Waals surface area contributed by atoms with Crippen molar-refractivity contribution >= 4 is 11.8 Å². The molecular formula is C21H31N3O4. The van der Waals surface area contributed by atoms with Gasteiger partial charge in [-0.05, 0) is 63.8 Å². The minimum Gasteiger partial charge on any atom is -0.490 e. The largest absolute Gasteiger partial charge is 0.490 e. The van der Waals surface area contributed by atoms with E-state index in [2.05, 4.69) is 10.6 Å². The van der Waals surface area contributed by atoms with Crippen LogP contribution in [0.5, 0.6) is 11.5 Å². The number of hydrogen-bond donors (Lipinski definition) is 2. The number of benzene rings is 1. The van der Waals surface area contributed by atoms with E-state index in [1.54, 1.807) is 18.2 Å². The summed E-state index contributed by atoms with van der Waals surface area (Å²) in [5, 5.41) is 6.33. The highest BCUT2D eigenvalue weighted by Gasteiger charge is 2.19.